The molecule has 1 amide bonds. The first-order valence-corrected chi connectivity index (χ1v) is 10.7. The van der Waals surface area contributed by atoms with Gasteiger partial charge in [-0.1, -0.05) is 6.07 Å². The number of hydrogen-bond acceptors (Lipinski definition) is 6. The zero-order valence-corrected chi connectivity index (χ0v) is 16.4. The quantitative estimate of drug-likeness (QED) is 0.628. The van der Waals surface area contributed by atoms with Crippen molar-refractivity contribution in [1.82, 2.24) is 5.32 Å². The van der Waals surface area contributed by atoms with E-state index in [1.54, 1.807) is 6.92 Å². The number of ether oxygens (including phenoxy) is 1. The highest BCUT2D eigenvalue weighted by Crippen LogP contribution is 2.46. The van der Waals surface area contributed by atoms with Gasteiger partial charge < -0.3 is 10.1 Å². The summed E-state index contributed by atoms with van der Waals surface area (Å²) in [5.41, 5.74) is 2.18. The average Bonchev–Trinajstić information content (AvgIpc) is 3.34. The molecular weight excluding hydrogens is 382 g/mol. The third-order valence-electron chi connectivity index (χ3n) is 5.12. The second kappa shape index (κ2) is 7.40. The fraction of sp³-hybridized carbons (Fsp3) is 0.350. The number of hydrogen-bond donors (Lipinski definition) is 1. The van der Waals surface area contributed by atoms with E-state index in [4.69, 9.17) is 4.74 Å². The van der Waals surface area contributed by atoms with Crippen molar-refractivity contribution in [1.29, 1.82) is 0 Å². The van der Waals surface area contributed by atoms with Crippen molar-refractivity contribution in [2.75, 3.05) is 6.61 Å². The SMILES string of the molecule is CCOC(=O)[C@@H]1C(=O)C2=C(C[C@H]1c1cccs1)NC(=O)C[C@@H]2c1ccsc1. The maximum atomic E-state index is 13.5. The van der Waals surface area contributed by atoms with Crippen LogP contribution in [0.25, 0.3) is 0 Å². The number of ketones is 1. The van der Waals surface area contributed by atoms with E-state index in [2.05, 4.69) is 5.32 Å². The van der Waals surface area contributed by atoms with E-state index in [1.807, 2.05) is 34.3 Å². The lowest BCUT2D eigenvalue weighted by atomic mass is 9.70. The van der Waals surface area contributed by atoms with E-state index >= 15 is 0 Å². The molecule has 4 rings (SSSR count). The largest absolute Gasteiger partial charge is 0.465 e. The highest BCUT2D eigenvalue weighted by atomic mass is 32.1. The first-order chi connectivity index (χ1) is 13.1. The molecule has 0 bridgehead atoms. The first-order valence-electron chi connectivity index (χ1n) is 8.89. The van der Waals surface area contributed by atoms with Gasteiger partial charge in [0, 0.05) is 34.4 Å². The van der Waals surface area contributed by atoms with Gasteiger partial charge in [0.05, 0.1) is 6.61 Å². The Hall–Kier alpha value is -2.25. The summed E-state index contributed by atoms with van der Waals surface area (Å²) < 4.78 is 5.24. The number of allylic oxidation sites excluding steroid dienone is 2. The minimum Gasteiger partial charge on any atom is -0.465 e. The molecule has 0 saturated heterocycles. The van der Waals surface area contributed by atoms with Crippen molar-refractivity contribution in [2.45, 2.75) is 31.6 Å². The molecule has 3 atom stereocenters. The molecule has 0 spiro atoms. The lowest BCUT2D eigenvalue weighted by Crippen LogP contribution is -2.44. The lowest BCUT2D eigenvalue weighted by Gasteiger charge is -2.37. The van der Waals surface area contributed by atoms with E-state index < -0.39 is 11.9 Å². The normalized spacial score (nSPS) is 25.1. The van der Waals surface area contributed by atoms with E-state index in [0.29, 0.717) is 17.7 Å². The molecule has 0 unspecified atom stereocenters. The highest BCUT2D eigenvalue weighted by molar-refractivity contribution is 7.10. The standard InChI is InChI=1S/C20H19NO4S2/c1-2-25-20(24)18-13(15-4-3-6-27-15)8-14-17(19(18)23)12(9-16(22)21-14)11-5-7-26-10-11/h3-7,10,12-13,18H,2,8-9H2,1H3,(H,21,22)/t12-,13+,18+/m1/s1. The van der Waals surface area contributed by atoms with Crippen molar-refractivity contribution in [3.05, 3.63) is 56.1 Å². The number of thiophene rings is 2. The second-order valence-corrected chi connectivity index (χ2v) is 8.43. The van der Waals surface area contributed by atoms with Crippen molar-refractivity contribution >= 4 is 40.3 Å². The highest BCUT2D eigenvalue weighted by Gasteiger charge is 2.48. The van der Waals surface area contributed by atoms with Crippen LogP contribution in [0.2, 0.25) is 0 Å². The van der Waals surface area contributed by atoms with Crippen LogP contribution < -0.4 is 5.32 Å². The summed E-state index contributed by atoms with van der Waals surface area (Å²) in [6, 6.07) is 5.78. The second-order valence-electron chi connectivity index (χ2n) is 6.67. The van der Waals surface area contributed by atoms with Gasteiger partial charge in [-0.2, -0.15) is 11.3 Å². The molecule has 3 heterocycles. The molecule has 7 heteroatoms. The Morgan fingerprint density at radius 2 is 2.11 bits per heavy atom. The van der Waals surface area contributed by atoms with Gasteiger partial charge in [-0.25, -0.2) is 0 Å². The zero-order valence-electron chi connectivity index (χ0n) is 14.8. The number of carbonyl (C=O) groups excluding carboxylic acids is 3. The Morgan fingerprint density at radius 3 is 2.78 bits per heavy atom. The molecular formula is C20H19NO4S2. The number of carbonyl (C=O) groups is 3. The fourth-order valence-electron chi connectivity index (χ4n) is 3.98. The molecule has 0 aromatic carbocycles. The molecule has 27 heavy (non-hydrogen) atoms. The number of rotatable bonds is 4. The van der Waals surface area contributed by atoms with Crippen LogP contribution in [0.15, 0.2) is 45.6 Å². The molecule has 1 aliphatic heterocycles. The average molecular weight is 402 g/mol. The number of amides is 1. The molecule has 2 aromatic heterocycles. The molecule has 1 N–H and O–H groups in total. The molecule has 5 nitrogen and oxygen atoms in total. The first kappa shape index (κ1) is 18.1. The van der Waals surface area contributed by atoms with Gasteiger partial charge in [0.1, 0.15) is 5.92 Å². The van der Waals surface area contributed by atoms with Crippen LogP contribution in [0.5, 0.6) is 0 Å². The van der Waals surface area contributed by atoms with Crippen LogP contribution in [0.3, 0.4) is 0 Å². The van der Waals surface area contributed by atoms with E-state index in [0.717, 1.165) is 10.4 Å². The molecule has 0 radical (unpaired) electrons. The van der Waals surface area contributed by atoms with Crippen LogP contribution in [-0.2, 0) is 19.1 Å². The third-order valence-corrected chi connectivity index (χ3v) is 6.83. The van der Waals surface area contributed by atoms with Gasteiger partial charge in [0.15, 0.2) is 5.78 Å². The molecule has 1 aliphatic carbocycles. The lowest BCUT2D eigenvalue weighted by molar-refractivity contribution is -0.152. The van der Waals surface area contributed by atoms with Gasteiger partial charge in [0.2, 0.25) is 5.91 Å². The summed E-state index contributed by atoms with van der Waals surface area (Å²) in [5.74, 6) is -2.25. The molecule has 2 aliphatic rings. The van der Waals surface area contributed by atoms with E-state index in [1.165, 1.54) is 22.7 Å². The van der Waals surface area contributed by atoms with Gasteiger partial charge >= 0.3 is 5.97 Å². The predicted octanol–water partition coefficient (Wildman–Crippen LogP) is 3.60. The minimum absolute atomic E-state index is 0.0859. The topological polar surface area (TPSA) is 72.5 Å². The molecule has 140 valence electrons. The summed E-state index contributed by atoms with van der Waals surface area (Å²) in [6.07, 6.45) is 0.679. The Balaban J connectivity index is 1.80. The van der Waals surface area contributed by atoms with Crippen molar-refractivity contribution < 1.29 is 19.1 Å². The Bertz CT molecular complexity index is 899. The van der Waals surface area contributed by atoms with E-state index in [9.17, 15) is 14.4 Å². The maximum absolute atomic E-state index is 13.5. The van der Waals surface area contributed by atoms with Gasteiger partial charge in [-0.15, -0.1) is 11.3 Å². The van der Waals surface area contributed by atoms with Crippen molar-refractivity contribution in [2.24, 2.45) is 5.92 Å². The van der Waals surface area contributed by atoms with Crippen LogP contribution in [0.4, 0.5) is 0 Å². The number of nitrogens with one attached hydrogen (secondary N) is 1. The van der Waals surface area contributed by atoms with Crippen LogP contribution in [0.1, 0.15) is 42.0 Å². The van der Waals surface area contributed by atoms with E-state index in [-0.39, 0.29) is 36.6 Å². The molecule has 0 saturated carbocycles. The summed E-state index contributed by atoms with van der Waals surface area (Å²) in [6.45, 7) is 1.97. The molecule has 0 fully saturated rings. The van der Waals surface area contributed by atoms with Gasteiger partial charge in [-0.3, -0.25) is 14.4 Å². The number of Topliss-reactive ketones (excluding diaryl/α,β-unsaturated/α-hetero) is 1. The Morgan fingerprint density at radius 1 is 1.26 bits per heavy atom. The van der Waals surface area contributed by atoms with Crippen LogP contribution in [-0.4, -0.2) is 24.3 Å². The fourth-order valence-corrected chi connectivity index (χ4v) is 5.56. The smallest absolute Gasteiger partial charge is 0.317 e. The molecule has 2 aromatic rings. The monoisotopic (exact) mass is 401 g/mol. The summed E-state index contributed by atoms with van der Waals surface area (Å²) in [4.78, 5) is 39.4. The van der Waals surface area contributed by atoms with Crippen molar-refractivity contribution in [3.8, 4) is 0 Å². The Kier molecular flexibility index (Phi) is 4.97. The van der Waals surface area contributed by atoms with Crippen molar-refractivity contribution in [3.63, 3.8) is 0 Å². The van der Waals surface area contributed by atoms with Crippen LogP contribution >= 0.6 is 22.7 Å². The summed E-state index contributed by atoms with van der Waals surface area (Å²) in [5, 5.41) is 8.73. The van der Waals surface area contributed by atoms with Gasteiger partial charge in [0.25, 0.3) is 0 Å². The third kappa shape index (κ3) is 3.26. The predicted molar refractivity (Wildman–Crippen MR) is 104 cm³/mol. The van der Waals surface area contributed by atoms with Gasteiger partial charge in [-0.05, 0) is 47.2 Å². The minimum atomic E-state index is -0.863. The summed E-state index contributed by atoms with van der Waals surface area (Å²) in [7, 11) is 0. The Labute approximate surface area is 165 Å². The van der Waals surface area contributed by atoms with Crippen LogP contribution in [0, 0.1) is 5.92 Å². The maximum Gasteiger partial charge on any atom is 0.317 e. The summed E-state index contributed by atoms with van der Waals surface area (Å²) >= 11 is 3.05. The zero-order chi connectivity index (χ0) is 19.0. The number of esters is 1.